The lowest BCUT2D eigenvalue weighted by Crippen LogP contribution is -2.43. The molecule has 1 aliphatic rings. The monoisotopic (exact) mass is 301 g/mol. The van der Waals surface area contributed by atoms with Crippen LogP contribution >= 0.6 is 0 Å². The second-order valence-corrected chi connectivity index (χ2v) is 5.84. The van der Waals surface area contributed by atoms with Gasteiger partial charge in [-0.1, -0.05) is 48.3 Å². The van der Waals surface area contributed by atoms with Crippen molar-refractivity contribution in [1.29, 1.82) is 0 Å². The Bertz CT molecular complexity index is 570. The topological polar surface area (TPSA) is 60.2 Å². The number of hydrogen-bond acceptors (Lipinski definition) is 5. The van der Waals surface area contributed by atoms with Gasteiger partial charge < -0.3 is 14.6 Å². The van der Waals surface area contributed by atoms with Gasteiger partial charge in [-0.05, 0) is 18.4 Å². The predicted molar refractivity (Wildman–Crippen MR) is 83.1 cm³/mol. The van der Waals surface area contributed by atoms with Gasteiger partial charge in [0, 0.05) is 13.0 Å². The number of ether oxygens (including phenoxy) is 1. The van der Waals surface area contributed by atoms with Gasteiger partial charge in [-0.25, -0.2) is 0 Å². The molecule has 1 fully saturated rings. The normalized spacial score (nSPS) is 21.9. The Morgan fingerprint density at radius 1 is 1.23 bits per heavy atom. The zero-order valence-corrected chi connectivity index (χ0v) is 13.0. The van der Waals surface area contributed by atoms with Crippen LogP contribution in [0.4, 0.5) is 0 Å². The van der Waals surface area contributed by atoms with E-state index in [-0.39, 0.29) is 6.10 Å². The van der Waals surface area contributed by atoms with Gasteiger partial charge in [0.05, 0.1) is 19.3 Å². The summed E-state index contributed by atoms with van der Waals surface area (Å²) in [6, 6.07) is 10.7. The van der Waals surface area contributed by atoms with Crippen LogP contribution in [0.1, 0.15) is 43.0 Å². The summed E-state index contributed by atoms with van der Waals surface area (Å²) in [5.74, 6) is 1.32. The number of aromatic nitrogens is 2. The molecule has 0 radical (unpaired) electrons. The molecule has 5 nitrogen and oxygen atoms in total. The highest BCUT2D eigenvalue weighted by Crippen LogP contribution is 2.22. The minimum absolute atomic E-state index is 0.252. The van der Waals surface area contributed by atoms with E-state index >= 15 is 0 Å². The summed E-state index contributed by atoms with van der Waals surface area (Å²) in [5.41, 5.74) is 1.22. The highest BCUT2D eigenvalue weighted by atomic mass is 16.5. The Labute approximate surface area is 131 Å². The van der Waals surface area contributed by atoms with E-state index in [1.54, 1.807) is 0 Å². The molecule has 0 bridgehead atoms. The van der Waals surface area contributed by atoms with Crippen molar-refractivity contribution in [3.63, 3.8) is 0 Å². The van der Waals surface area contributed by atoms with E-state index < -0.39 is 0 Å². The molecule has 2 atom stereocenters. The van der Waals surface area contributed by atoms with Gasteiger partial charge in [0.15, 0.2) is 5.82 Å². The van der Waals surface area contributed by atoms with Crippen molar-refractivity contribution in [2.45, 2.75) is 57.9 Å². The summed E-state index contributed by atoms with van der Waals surface area (Å²) in [6.07, 6.45) is 4.97. The lowest BCUT2D eigenvalue weighted by molar-refractivity contribution is -0.00613. The first-order valence-electron chi connectivity index (χ1n) is 7.99. The summed E-state index contributed by atoms with van der Waals surface area (Å²) in [5, 5.41) is 7.46. The summed E-state index contributed by atoms with van der Waals surface area (Å²) in [6.45, 7) is 3.11. The number of aryl methyl sites for hydroxylation is 1. The summed E-state index contributed by atoms with van der Waals surface area (Å²) >= 11 is 0. The number of nitrogens with one attached hydrogen (secondary N) is 1. The lowest BCUT2D eigenvalue weighted by atomic mass is 9.92. The first-order chi connectivity index (χ1) is 10.8. The van der Waals surface area contributed by atoms with Gasteiger partial charge >= 0.3 is 0 Å². The van der Waals surface area contributed by atoms with Crippen molar-refractivity contribution in [3.8, 4) is 0 Å². The second kappa shape index (κ2) is 7.51. The largest absolute Gasteiger partial charge is 0.372 e. The number of rotatable bonds is 6. The molecule has 2 unspecified atom stereocenters. The van der Waals surface area contributed by atoms with Gasteiger partial charge in [-0.3, -0.25) is 0 Å². The van der Waals surface area contributed by atoms with E-state index in [0.717, 1.165) is 12.8 Å². The average Bonchev–Trinajstić information content (AvgIpc) is 2.98. The molecule has 1 heterocycles. The van der Waals surface area contributed by atoms with Crippen molar-refractivity contribution < 1.29 is 9.26 Å². The molecule has 1 aromatic carbocycles. The maximum absolute atomic E-state index is 6.15. The molecule has 1 aliphatic carbocycles. The maximum Gasteiger partial charge on any atom is 0.223 e. The molecule has 5 heteroatoms. The van der Waals surface area contributed by atoms with Crippen LogP contribution in [0.2, 0.25) is 0 Å². The van der Waals surface area contributed by atoms with Gasteiger partial charge in [-0.15, -0.1) is 0 Å². The van der Waals surface area contributed by atoms with Crippen LogP contribution in [0.5, 0.6) is 0 Å². The van der Waals surface area contributed by atoms with Gasteiger partial charge in [0.25, 0.3) is 0 Å². The first kappa shape index (κ1) is 15.2. The Balaban J connectivity index is 1.52. The smallest absolute Gasteiger partial charge is 0.223 e. The third-order valence-electron chi connectivity index (χ3n) is 4.10. The van der Waals surface area contributed by atoms with E-state index in [4.69, 9.17) is 9.26 Å². The fourth-order valence-electron chi connectivity index (χ4n) is 2.94. The molecule has 1 saturated carbocycles. The summed E-state index contributed by atoms with van der Waals surface area (Å²) < 4.78 is 11.2. The average molecular weight is 301 g/mol. The summed E-state index contributed by atoms with van der Waals surface area (Å²) in [4.78, 5) is 4.23. The molecule has 1 N–H and O–H groups in total. The number of benzene rings is 1. The van der Waals surface area contributed by atoms with Crippen molar-refractivity contribution in [2.24, 2.45) is 0 Å². The van der Waals surface area contributed by atoms with Crippen LogP contribution in [-0.4, -0.2) is 22.3 Å². The highest BCUT2D eigenvalue weighted by Gasteiger charge is 2.25. The van der Waals surface area contributed by atoms with Gasteiger partial charge in [0.1, 0.15) is 0 Å². The molecule has 3 rings (SSSR count). The van der Waals surface area contributed by atoms with E-state index in [1.165, 1.54) is 18.4 Å². The molecule has 1 aromatic heterocycles. The Hall–Kier alpha value is -1.72. The van der Waals surface area contributed by atoms with Crippen molar-refractivity contribution in [2.75, 3.05) is 0 Å². The lowest BCUT2D eigenvalue weighted by Gasteiger charge is -2.32. The standard InChI is InChI=1S/C17H23N3O2/c1-13-19-17(20-22-13)11-18-15-9-5-6-10-16(15)21-12-14-7-3-2-4-8-14/h2-4,7-8,15-16,18H,5-6,9-12H2,1H3. The van der Waals surface area contributed by atoms with E-state index in [0.29, 0.717) is 30.9 Å². The van der Waals surface area contributed by atoms with Crippen LogP contribution < -0.4 is 5.32 Å². The van der Waals surface area contributed by atoms with E-state index in [1.807, 2.05) is 25.1 Å². The van der Waals surface area contributed by atoms with Crippen LogP contribution in [0.15, 0.2) is 34.9 Å². The van der Waals surface area contributed by atoms with Crippen molar-refractivity contribution in [3.05, 3.63) is 47.6 Å². The third kappa shape index (κ3) is 4.15. The maximum atomic E-state index is 6.15. The minimum Gasteiger partial charge on any atom is -0.372 e. The van der Waals surface area contributed by atoms with Crippen LogP contribution in [0.3, 0.4) is 0 Å². The van der Waals surface area contributed by atoms with Gasteiger partial charge in [0.2, 0.25) is 5.89 Å². The Kier molecular flexibility index (Phi) is 5.19. The Morgan fingerprint density at radius 3 is 2.82 bits per heavy atom. The molecular weight excluding hydrogens is 278 g/mol. The van der Waals surface area contributed by atoms with E-state index in [9.17, 15) is 0 Å². The van der Waals surface area contributed by atoms with Crippen LogP contribution in [-0.2, 0) is 17.9 Å². The highest BCUT2D eigenvalue weighted by molar-refractivity contribution is 5.13. The molecule has 0 saturated heterocycles. The summed E-state index contributed by atoms with van der Waals surface area (Å²) in [7, 11) is 0. The minimum atomic E-state index is 0.252. The quantitative estimate of drug-likeness (QED) is 0.888. The SMILES string of the molecule is Cc1nc(CNC2CCCCC2OCc2ccccc2)no1. The van der Waals surface area contributed by atoms with Crippen molar-refractivity contribution in [1.82, 2.24) is 15.5 Å². The molecule has 118 valence electrons. The van der Waals surface area contributed by atoms with Gasteiger partial charge in [-0.2, -0.15) is 4.98 Å². The second-order valence-electron chi connectivity index (χ2n) is 5.84. The molecule has 2 aromatic rings. The predicted octanol–water partition coefficient (Wildman–Crippen LogP) is 3.00. The molecular formula is C17H23N3O2. The zero-order chi connectivity index (χ0) is 15.2. The zero-order valence-electron chi connectivity index (χ0n) is 13.0. The van der Waals surface area contributed by atoms with Crippen LogP contribution in [0, 0.1) is 6.92 Å². The van der Waals surface area contributed by atoms with E-state index in [2.05, 4.69) is 27.6 Å². The Morgan fingerprint density at radius 2 is 2.05 bits per heavy atom. The first-order valence-corrected chi connectivity index (χ1v) is 7.99. The number of hydrogen-bond donors (Lipinski definition) is 1. The third-order valence-corrected chi connectivity index (χ3v) is 4.10. The fourth-order valence-corrected chi connectivity index (χ4v) is 2.94. The fraction of sp³-hybridized carbons (Fsp3) is 0.529. The number of nitrogens with zero attached hydrogens (tertiary/aromatic N) is 2. The molecule has 0 amide bonds. The van der Waals surface area contributed by atoms with Crippen molar-refractivity contribution >= 4 is 0 Å². The molecule has 0 aliphatic heterocycles. The molecule has 0 spiro atoms. The molecule has 22 heavy (non-hydrogen) atoms. The van der Waals surface area contributed by atoms with Crippen LogP contribution in [0.25, 0.3) is 0 Å².